The van der Waals surface area contributed by atoms with E-state index in [1.165, 1.54) is 0 Å². The van der Waals surface area contributed by atoms with Crippen LogP contribution < -0.4 is 0 Å². The Morgan fingerprint density at radius 2 is 2.04 bits per heavy atom. The molecular formula is C18H24N4O2. The van der Waals surface area contributed by atoms with E-state index in [0.717, 1.165) is 18.7 Å². The van der Waals surface area contributed by atoms with E-state index in [-0.39, 0.29) is 12.0 Å². The van der Waals surface area contributed by atoms with Crippen LogP contribution in [0.3, 0.4) is 0 Å². The van der Waals surface area contributed by atoms with Crippen LogP contribution >= 0.6 is 0 Å². The van der Waals surface area contributed by atoms with Gasteiger partial charge in [0, 0.05) is 57.9 Å². The molecule has 0 aromatic carbocycles. The number of hydrogen-bond acceptors (Lipinski definition) is 4. The van der Waals surface area contributed by atoms with E-state index in [9.17, 15) is 9.90 Å². The maximum atomic E-state index is 12.8. The first-order valence-corrected chi connectivity index (χ1v) is 8.37. The van der Waals surface area contributed by atoms with Crippen molar-refractivity contribution in [2.24, 2.45) is 0 Å². The third-order valence-electron chi connectivity index (χ3n) is 4.31. The number of β-amino-alcohol motifs (C(OH)–C–C–N with tert-alkyl or cyclic N) is 1. The molecule has 1 atom stereocenters. The van der Waals surface area contributed by atoms with Gasteiger partial charge in [0.25, 0.3) is 5.91 Å². The first kappa shape index (κ1) is 16.7. The van der Waals surface area contributed by atoms with Gasteiger partial charge in [-0.15, -0.1) is 0 Å². The molecule has 128 valence electrons. The number of carbonyl (C=O) groups excluding carboxylic acids is 1. The Morgan fingerprint density at radius 3 is 2.71 bits per heavy atom. The highest BCUT2D eigenvalue weighted by molar-refractivity contribution is 5.92. The second kappa shape index (κ2) is 7.59. The van der Waals surface area contributed by atoms with Crippen LogP contribution in [0.4, 0.5) is 0 Å². The number of hydrogen-bond donors (Lipinski definition) is 1. The molecule has 1 amide bonds. The van der Waals surface area contributed by atoms with Gasteiger partial charge in [-0.2, -0.15) is 0 Å². The van der Waals surface area contributed by atoms with E-state index in [2.05, 4.69) is 9.88 Å². The zero-order valence-electron chi connectivity index (χ0n) is 14.0. The fourth-order valence-electron chi connectivity index (χ4n) is 3.10. The molecule has 2 aromatic rings. The first-order valence-electron chi connectivity index (χ1n) is 8.37. The van der Waals surface area contributed by atoms with Crippen LogP contribution in [0.5, 0.6) is 0 Å². The van der Waals surface area contributed by atoms with Crippen LogP contribution in [-0.4, -0.2) is 69.2 Å². The van der Waals surface area contributed by atoms with E-state index < -0.39 is 0 Å². The van der Waals surface area contributed by atoms with Crippen molar-refractivity contribution in [1.29, 1.82) is 0 Å². The molecule has 0 bridgehead atoms. The summed E-state index contributed by atoms with van der Waals surface area (Å²) in [7, 11) is 0. The Morgan fingerprint density at radius 1 is 1.25 bits per heavy atom. The van der Waals surface area contributed by atoms with Gasteiger partial charge in [-0.25, -0.2) is 0 Å². The van der Waals surface area contributed by atoms with Gasteiger partial charge in [0.2, 0.25) is 0 Å². The van der Waals surface area contributed by atoms with E-state index >= 15 is 0 Å². The molecule has 1 N–H and O–H groups in total. The molecule has 1 aliphatic heterocycles. The van der Waals surface area contributed by atoms with Crippen LogP contribution in [0.2, 0.25) is 0 Å². The van der Waals surface area contributed by atoms with Crippen LogP contribution in [0.1, 0.15) is 23.0 Å². The van der Waals surface area contributed by atoms with Crippen LogP contribution in [-0.2, 0) is 6.54 Å². The largest absolute Gasteiger partial charge is 0.392 e. The number of aromatic nitrogens is 2. The lowest BCUT2D eigenvalue weighted by atomic mass is 10.2. The highest BCUT2D eigenvalue weighted by atomic mass is 16.3. The van der Waals surface area contributed by atoms with Crippen molar-refractivity contribution in [3.63, 3.8) is 0 Å². The predicted molar refractivity (Wildman–Crippen MR) is 91.8 cm³/mol. The summed E-state index contributed by atoms with van der Waals surface area (Å²) in [5, 5.41) is 9.48. The Hall–Kier alpha value is -2.18. The third kappa shape index (κ3) is 4.01. The summed E-state index contributed by atoms with van der Waals surface area (Å²) in [5.41, 5.74) is 1.78. The lowest BCUT2D eigenvalue weighted by Gasteiger charge is -2.35. The maximum Gasteiger partial charge on any atom is 0.270 e. The normalized spacial score (nSPS) is 17.0. The highest BCUT2D eigenvalue weighted by Crippen LogP contribution is 2.12. The lowest BCUT2D eigenvalue weighted by molar-refractivity contribution is 0.0545. The van der Waals surface area contributed by atoms with Crippen molar-refractivity contribution in [2.75, 3.05) is 32.7 Å². The van der Waals surface area contributed by atoms with Crippen molar-refractivity contribution in [3.8, 4) is 0 Å². The summed E-state index contributed by atoms with van der Waals surface area (Å²) in [6.45, 7) is 6.11. The molecule has 0 saturated carbocycles. The summed E-state index contributed by atoms with van der Waals surface area (Å²) < 4.78 is 1.97. The lowest BCUT2D eigenvalue weighted by Crippen LogP contribution is -2.50. The molecule has 0 radical (unpaired) electrons. The highest BCUT2D eigenvalue weighted by Gasteiger charge is 2.24. The van der Waals surface area contributed by atoms with Crippen LogP contribution in [0.15, 0.2) is 42.9 Å². The Bertz CT molecular complexity index is 661. The van der Waals surface area contributed by atoms with Gasteiger partial charge in [0.05, 0.1) is 6.10 Å². The molecule has 0 unspecified atom stereocenters. The number of aliphatic hydroxyl groups excluding tert-OH is 1. The molecule has 1 aliphatic rings. The quantitative estimate of drug-likeness (QED) is 0.892. The predicted octanol–water partition coefficient (Wildman–Crippen LogP) is 1.07. The number of nitrogens with zero attached hydrogens (tertiary/aromatic N) is 4. The van der Waals surface area contributed by atoms with Crippen molar-refractivity contribution in [3.05, 3.63) is 54.1 Å². The van der Waals surface area contributed by atoms with Crippen molar-refractivity contribution < 1.29 is 9.90 Å². The summed E-state index contributed by atoms with van der Waals surface area (Å²) in [5.74, 6) is 0.0700. The molecule has 1 saturated heterocycles. The number of carbonyl (C=O) groups is 1. The second-order valence-corrected chi connectivity index (χ2v) is 6.32. The molecule has 6 nitrogen and oxygen atoms in total. The van der Waals surface area contributed by atoms with Gasteiger partial charge in [-0.05, 0) is 30.7 Å². The first-order chi connectivity index (χ1) is 11.6. The van der Waals surface area contributed by atoms with Crippen LogP contribution in [0, 0.1) is 0 Å². The zero-order chi connectivity index (χ0) is 16.9. The van der Waals surface area contributed by atoms with E-state index in [1.807, 2.05) is 46.1 Å². The molecular weight excluding hydrogens is 304 g/mol. The number of pyridine rings is 1. The van der Waals surface area contributed by atoms with Crippen LogP contribution in [0.25, 0.3) is 0 Å². The summed E-state index contributed by atoms with van der Waals surface area (Å²) >= 11 is 0. The van der Waals surface area contributed by atoms with Gasteiger partial charge in [-0.3, -0.25) is 14.7 Å². The van der Waals surface area contributed by atoms with E-state index in [0.29, 0.717) is 31.9 Å². The average Bonchev–Trinajstić information content (AvgIpc) is 3.03. The van der Waals surface area contributed by atoms with Gasteiger partial charge in [0.1, 0.15) is 5.69 Å². The Kier molecular flexibility index (Phi) is 5.27. The molecule has 3 heterocycles. The maximum absolute atomic E-state index is 12.8. The van der Waals surface area contributed by atoms with Crippen molar-refractivity contribution in [2.45, 2.75) is 19.6 Å². The molecule has 24 heavy (non-hydrogen) atoms. The number of piperazine rings is 1. The minimum atomic E-state index is -0.330. The third-order valence-corrected chi connectivity index (χ3v) is 4.31. The standard InChI is InChI=1S/C18H24N4O2/c1-15(23)13-20-8-10-21(11-9-20)18(24)17-5-3-7-22(17)14-16-4-2-6-19-12-16/h2-7,12,15,23H,8-11,13-14H2,1H3/t15-/m1/s1. The summed E-state index contributed by atoms with van der Waals surface area (Å²) in [4.78, 5) is 21.0. The van der Waals surface area contributed by atoms with Gasteiger partial charge >= 0.3 is 0 Å². The van der Waals surface area contributed by atoms with Gasteiger partial charge in [-0.1, -0.05) is 6.07 Å². The smallest absolute Gasteiger partial charge is 0.270 e. The number of aliphatic hydroxyl groups is 1. The molecule has 3 rings (SSSR count). The monoisotopic (exact) mass is 328 g/mol. The summed E-state index contributed by atoms with van der Waals surface area (Å²) in [6, 6.07) is 7.70. The van der Waals surface area contributed by atoms with E-state index in [4.69, 9.17) is 0 Å². The fourth-order valence-corrected chi connectivity index (χ4v) is 3.10. The van der Waals surface area contributed by atoms with E-state index in [1.54, 1.807) is 13.1 Å². The number of amides is 1. The van der Waals surface area contributed by atoms with Gasteiger partial charge in [0.15, 0.2) is 0 Å². The molecule has 6 heteroatoms. The van der Waals surface area contributed by atoms with Crippen molar-refractivity contribution in [1.82, 2.24) is 19.4 Å². The minimum absolute atomic E-state index is 0.0700. The molecule has 2 aromatic heterocycles. The molecule has 1 fully saturated rings. The fraction of sp³-hybridized carbons (Fsp3) is 0.444. The molecule has 0 spiro atoms. The SMILES string of the molecule is C[C@@H](O)CN1CCN(C(=O)c2cccn2Cc2cccnc2)CC1. The summed E-state index contributed by atoms with van der Waals surface area (Å²) in [6.07, 6.45) is 5.18. The minimum Gasteiger partial charge on any atom is -0.392 e. The topological polar surface area (TPSA) is 61.6 Å². The number of rotatable bonds is 5. The Balaban J connectivity index is 1.63. The Labute approximate surface area is 142 Å². The zero-order valence-corrected chi connectivity index (χ0v) is 14.0. The van der Waals surface area contributed by atoms with Crippen molar-refractivity contribution >= 4 is 5.91 Å². The second-order valence-electron chi connectivity index (χ2n) is 6.32. The average molecular weight is 328 g/mol. The van der Waals surface area contributed by atoms with Gasteiger partial charge < -0.3 is 14.6 Å². The molecule has 0 aliphatic carbocycles.